The first-order chi connectivity index (χ1) is 6.45. The lowest BCUT2D eigenvalue weighted by molar-refractivity contribution is 0.0841. The highest BCUT2D eigenvalue weighted by molar-refractivity contribution is 7.90. The van der Waals surface area contributed by atoms with Crippen LogP contribution in [0.25, 0.3) is 0 Å². The van der Waals surface area contributed by atoms with Gasteiger partial charge in [0.2, 0.25) is 0 Å². The fourth-order valence-corrected chi connectivity index (χ4v) is 1.78. The van der Waals surface area contributed by atoms with Gasteiger partial charge in [0.1, 0.15) is 9.84 Å². The molecule has 5 heteroatoms. The molecule has 0 aromatic heterocycles. The molecule has 0 aliphatic rings. The number of ether oxygens (including phenoxy) is 1. The zero-order valence-corrected chi connectivity index (χ0v) is 9.72. The van der Waals surface area contributed by atoms with Gasteiger partial charge in [-0.25, -0.2) is 8.42 Å². The van der Waals surface area contributed by atoms with Gasteiger partial charge in [0.15, 0.2) is 0 Å². The molecule has 0 aliphatic heterocycles. The van der Waals surface area contributed by atoms with Gasteiger partial charge >= 0.3 is 0 Å². The van der Waals surface area contributed by atoms with Crippen LogP contribution in [0.15, 0.2) is 0 Å². The van der Waals surface area contributed by atoms with Gasteiger partial charge in [0.05, 0.1) is 6.10 Å². The third-order valence-corrected chi connectivity index (χ3v) is 2.88. The monoisotopic (exact) mass is 224 g/mol. The number of aliphatic hydroxyl groups excluding tert-OH is 1. The lowest BCUT2D eigenvalue weighted by Crippen LogP contribution is -2.13. The van der Waals surface area contributed by atoms with Gasteiger partial charge in [-0.05, 0) is 26.2 Å². The largest absolute Gasteiger partial charge is 0.393 e. The molecule has 0 saturated heterocycles. The summed E-state index contributed by atoms with van der Waals surface area (Å²) in [4.78, 5) is 0. The minimum Gasteiger partial charge on any atom is -0.393 e. The summed E-state index contributed by atoms with van der Waals surface area (Å²) in [6.45, 7) is 3.09. The SMILES string of the molecule is CCOCCC(O)CCCS(C)(=O)=O. The van der Waals surface area contributed by atoms with Crippen LogP contribution in [0.1, 0.15) is 26.2 Å². The Morgan fingerprint density at radius 2 is 2.00 bits per heavy atom. The topological polar surface area (TPSA) is 63.6 Å². The van der Waals surface area contributed by atoms with Gasteiger partial charge in [-0.2, -0.15) is 0 Å². The zero-order chi connectivity index (χ0) is 11.0. The van der Waals surface area contributed by atoms with Gasteiger partial charge in [-0.15, -0.1) is 0 Å². The Morgan fingerprint density at radius 1 is 1.36 bits per heavy atom. The van der Waals surface area contributed by atoms with E-state index in [2.05, 4.69) is 0 Å². The second kappa shape index (κ2) is 7.20. The Hall–Kier alpha value is -0.130. The molecule has 0 fully saturated rings. The van der Waals surface area contributed by atoms with Gasteiger partial charge in [0, 0.05) is 25.2 Å². The molecule has 4 nitrogen and oxygen atoms in total. The smallest absolute Gasteiger partial charge is 0.147 e. The van der Waals surface area contributed by atoms with Crippen molar-refractivity contribution < 1.29 is 18.3 Å². The van der Waals surface area contributed by atoms with E-state index in [1.54, 1.807) is 0 Å². The molecule has 1 N–H and O–H groups in total. The zero-order valence-electron chi connectivity index (χ0n) is 8.90. The van der Waals surface area contributed by atoms with E-state index < -0.39 is 15.9 Å². The number of aliphatic hydroxyl groups is 1. The summed E-state index contributed by atoms with van der Waals surface area (Å²) < 4.78 is 26.6. The molecule has 0 rings (SSSR count). The van der Waals surface area contributed by atoms with E-state index in [1.807, 2.05) is 6.92 Å². The second-order valence-electron chi connectivity index (χ2n) is 3.41. The summed E-state index contributed by atoms with van der Waals surface area (Å²) in [5.74, 6) is 0.151. The van der Waals surface area contributed by atoms with Crippen LogP contribution in [0.5, 0.6) is 0 Å². The minimum atomic E-state index is -2.89. The fourth-order valence-electron chi connectivity index (χ4n) is 1.09. The first-order valence-electron chi connectivity index (χ1n) is 4.89. The van der Waals surface area contributed by atoms with Crippen molar-refractivity contribution in [2.24, 2.45) is 0 Å². The van der Waals surface area contributed by atoms with E-state index in [0.29, 0.717) is 32.5 Å². The van der Waals surface area contributed by atoms with Crippen LogP contribution in [0.2, 0.25) is 0 Å². The highest BCUT2D eigenvalue weighted by atomic mass is 32.2. The van der Waals surface area contributed by atoms with Crippen molar-refractivity contribution in [1.29, 1.82) is 0 Å². The van der Waals surface area contributed by atoms with Crippen LogP contribution in [-0.2, 0) is 14.6 Å². The summed E-state index contributed by atoms with van der Waals surface area (Å²) in [5.41, 5.74) is 0. The lowest BCUT2D eigenvalue weighted by Gasteiger charge is -2.09. The summed E-state index contributed by atoms with van der Waals surface area (Å²) in [7, 11) is -2.89. The lowest BCUT2D eigenvalue weighted by atomic mass is 10.1. The Bertz CT molecular complexity index is 223. The normalized spacial score (nSPS) is 14.2. The van der Waals surface area contributed by atoms with E-state index >= 15 is 0 Å². The van der Waals surface area contributed by atoms with E-state index in [9.17, 15) is 13.5 Å². The maximum atomic E-state index is 10.8. The van der Waals surface area contributed by atoms with Crippen molar-refractivity contribution in [1.82, 2.24) is 0 Å². The standard InChI is InChI=1S/C9H20O4S/c1-3-13-7-6-9(10)5-4-8-14(2,11)12/h9-10H,3-8H2,1-2H3. The Balaban J connectivity index is 3.40. The summed E-state index contributed by atoms with van der Waals surface area (Å²) in [6.07, 6.45) is 2.40. The number of hydrogen-bond donors (Lipinski definition) is 1. The average molecular weight is 224 g/mol. The summed E-state index contributed by atoms with van der Waals surface area (Å²) in [5, 5.41) is 9.40. The van der Waals surface area contributed by atoms with Crippen molar-refractivity contribution >= 4 is 9.84 Å². The molecular formula is C9H20O4S. The molecule has 0 saturated carbocycles. The van der Waals surface area contributed by atoms with Gasteiger partial charge in [0.25, 0.3) is 0 Å². The average Bonchev–Trinajstić information content (AvgIpc) is 2.02. The summed E-state index contributed by atoms with van der Waals surface area (Å²) >= 11 is 0. The maximum Gasteiger partial charge on any atom is 0.147 e. The third kappa shape index (κ3) is 9.95. The Kier molecular flexibility index (Phi) is 7.13. The van der Waals surface area contributed by atoms with Gasteiger partial charge in [-0.3, -0.25) is 0 Å². The minimum absolute atomic E-state index is 0.151. The molecule has 86 valence electrons. The van der Waals surface area contributed by atoms with Crippen molar-refractivity contribution in [3.63, 3.8) is 0 Å². The van der Waals surface area contributed by atoms with Crippen LogP contribution < -0.4 is 0 Å². The van der Waals surface area contributed by atoms with Crippen molar-refractivity contribution in [2.45, 2.75) is 32.3 Å². The first-order valence-corrected chi connectivity index (χ1v) is 6.95. The molecule has 0 aliphatic carbocycles. The van der Waals surface area contributed by atoms with E-state index in [-0.39, 0.29) is 5.75 Å². The highest BCUT2D eigenvalue weighted by Crippen LogP contribution is 2.03. The highest BCUT2D eigenvalue weighted by Gasteiger charge is 2.07. The quantitative estimate of drug-likeness (QED) is 0.613. The number of rotatable bonds is 8. The van der Waals surface area contributed by atoms with Crippen LogP contribution in [0, 0.1) is 0 Å². The Labute approximate surface area is 86.2 Å². The summed E-state index contributed by atoms with van der Waals surface area (Å²) in [6, 6.07) is 0. The first kappa shape index (κ1) is 13.9. The van der Waals surface area contributed by atoms with Crippen LogP contribution in [0.3, 0.4) is 0 Å². The molecule has 1 atom stereocenters. The molecule has 0 spiro atoms. The van der Waals surface area contributed by atoms with E-state index in [1.165, 1.54) is 6.26 Å². The van der Waals surface area contributed by atoms with E-state index in [0.717, 1.165) is 0 Å². The Morgan fingerprint density at radius 3 is 2.50 bits per heavy atom. The number of sulfone groups is 1. The predicted octanol–water partition coefficient (Wildman–Crippen LogP) is 0.599. The predicted molar refractivity (Wildman–Crippen MR) is 56.1 cm³/mol. The molecule has 0 amide bonds. The maximum absolute atomic E-state index is 10.8. The van der Waals surface area contributed by atoms with Crippen molar-refractivity contribution in [3.8, 4) is 0 Å². The van der Waals surface area contributed by atoms with Gasteiger partial charge < -0.3 is 9.84 Å². The molecule has 0 bridgehead atoms. The van der Waals surface area contributed by atoms with Crippen molar-refractivity contribution in [2.75, 3.05) is 25.2 Å². The van der Waals surface area contributed by atoms with E-state index in [4.69, 9.17) is 4.74 Å². The van der Waals surface area contributed by atoms with Crippen LogP contribution in [0.4, 0.5) is 0 Å². The fraction of sp³-hybridized carbons (Fsp3) is 1.00. The third-order valence-electron chi connectivity index (χ3n) is 1.85. The molecule has 0 aromatic carbocycles. The van der Waals surface area contributed by atoms with Crippen LogP contribution in [-0.4, -0.2) is 44.9 Å². The molecule has 0 heterocycles. The molecular weight excluding hydrogens is 204 g/mol. The number of hydrogen-bond acceptors (Lipinski definition) is 4. The van der Waals surface area contributed by atoms with Gasteiger partial charge in [-0.1, -0.05) is 0 Å². The molecule has 0 aromatic rings. The molecule has 0 radical (unpaired) electrons. The van der Waals surface area contributed by atoms with Crippen LogP contribution >= 0.6 is 0 Å². The van der Waals surface area contributed by atoms with Crippen molar-refractivity contribution in [3.05, 3.63) is 0 Å². The molecule has 1 unspecified atom stereocenters. The second-order valence-corrected chi connectivity index (χ2v) is 5.67. The molecule has 14 heavy (non-hydrogen) atoms.